The van der Waals surface area contributed by atoms with E-state index in [2.05, 4.69) is 58.8 Å². The third-order valence-corrected chi connectivity index (χ3v) is 6.74. The molecule has 0 bridgehead atoms. The minimum absolute atomic E-state index is 0.0861. The second-order valence-corrected chi connectivity index (χ2v) is 8.72. The van der Waals surface area contributed by atoms with Crippen LogP contribution in [0.4, 0.5) is 0 Å². The topological polar surface area (TPSA) is 70.2 Å². The molecule has 3 rings (SSSR count). The second-order valence-electron chi connectivity index (χ2n) is 7.87. The number of aromatic amines is 1. The number of nitrogens with one attached hydrogen (secondary N) is 2. The molecule has 3 aromatic rings. The number of halogens is 1. The van der Waals surface area contributed by atoms with Crippen LogP contribution in [0.15, 0.2) is 28.7 Å². The summed E-state index contributed by atoms with van der Waals surface area (Å²) in [4.78, 5) is 23.3. The minimum Gasteiger partial charge on any atom is -0.493 e. The van der Waals surface area contributed by atoms with E-state index in [9.17, 15) is 4.79 Å². The molecule has 0 saturated carbocycles. The van der Waals surface area contributed by atoms with Crippen molar-refractivity contribution >= 4 is 32.9 Å². The van der Waals surface area contributed by atoms with Crippen molar-refractivity contribution in [2.45, 2.75) is 41.0 Å². The zero-order chi connectivity index (χ0) is 23.3. The van der Waals surface area contributed by atoms with E-state index >= 15 is 0 Å². The first-order valence-corrected chi connectivity index (χ1v) is 12.1. The van der Waals surface area contributed by atoms with E-state index in [-0.39, 0.29) is 5.91 Å². The summed E-state index contributed by atoms with van der Waals surface area (Å²) in [5.41, 5.74) is 5.68. The van der Waals surface area contributed by atoms with E-state index < -0.39 is 0 Å². The smallest absolute Gasteiger partial charge is 0.251 e. The summed E-state index contributed by atoms with van der Waals surface area (Å²) in [5, 5.41) is 3.02. The first kappa shape index (κ1) is 24.3. The van der Waals surface area contributed by atoms with Crippen LogP contribution in [0.25, 0.3) is 22.4 Å². The molecule has 0 unspecified atom stereocenters. The first-order chi connectivity index (χ1) is 15.4. The Balaban J connectivity index is 1.81. The van der Waals surface area contributed by atoms with Crippen LogP contribution in [0.5, 0.6) is 5.75 Å². The summed E-state index contributed by atoms with van der Waals surface area (Å²) in [6, 6.07) is 7.57. The molecule has 172 valence electrons. The van der Waals surface area contributed by atoms with E-state index in [0.717, 1.165) is 58.5 Å². The van der Waals surface area contributed by atoms with Crippen LogP contribution in [-0.4, -0.2) is 53.6 Å². The van der Waals surface area contributed by atoms with Crippen molar-refractivity contribution in [3.63, 3.8) is 0 Å². The van der Waals surface area contributed by atoms with Crippen molar-refractivity contribution in [1.29, 1.82) is 0 Å². The molecule has 2 aromatic carbocycles. The second kappa shape index (κ2) is 11.0. The van der Waals surface area contributed by atoms with Gasteiger partial charge in [0, 0.05) is 16.6 Å². The molecule has 32 heavy (non-hydrogen) atoms. The van der Waals surface area contributed by atoms with Crippen LogP contribution in [-0.2, 0) is 0 Å². The van der Waals surface area contributed by atoms with Crippen LogP contribution in [0.2, 0.25) is 0 Å². The van der Waals surface area contributed by atoms with Crippen molar-refractivity contribution in [2.75, 3.05) is 32.8 Å². The normalized spacial score (nSPS) is 11.3. The summed E-state index contributed by atoms with van der Waals surface area (Å²) >= 11 is 3.61. The molecule has 0 spiro atoms. The standard InChI is InChI=1S/C25H33BrN4O2/c1-6-30(7-2)13-9-12-27-25(31)18-10-11-19(22(14-18)32-8-3)24-28-21-15-20(26)16(4)17(5)23(21)29-24/h10-11,14-15H,6-9,12-13H2,1-5H3,(H,27,31)(H,28,29). The third kappa shape index (κ3) is 5.33. The van der Waals surface area contributed by atoms with E-state index in [0.29, 0.717) is 24.5 Å². The lowest BCUT2D eigenvalue weighted by atomic mass is 10.1. The molecule has 7 heteroatoms. The Bertz CT molecular complexity index is 1090. The zero-order valence-corrected chi connectivity index (χ0v) is 21.2. The highest BCUT2D eigenvalue weighted by atomic mass is 79.9. The van der Waals surface area contributed by atoms with Gasteiger partial charge in [0.15, 0.2) is 0 Å². The molecule has 0 saturated heterocycles. The Kier molecular flexibility index (Phi) is 8.32. The van der Waals surface area contributed by atoms with Crippen molar-refractivity contribution in [2.24, 2.45) is 0 Å². The molecule has 6 nitrogen and oxygen atoms in total. The number of fused-ring (bicyclic) bond motifs is 1. The molecule has 2 N–H and O–H groups in total. The fourth-order valence-electron chi connectivity index (χ4n) is 3.78. The van der Waals surface area contributed by atoms with Crippen molar-refractivity contribution in [3.05, 3.63) is 45.4 Å². The maximum Gasteiger partial charge on any atom is 0.251 e. The van der Waals surface area contributed by atoms with E-state index in [4.69, 9.17) is 9.72 Å². The number of aryl methyl sites for hydroxylation is 1. The van der Waals surface area contributed by atoms with Crippen molar-refractivity contribution < 1.29 is 9.53 Å². The predicted octanol–water partition coefficient (Wildman–Crippen LogP) is 5.47. The Morgan fingerprint density at radius 3 is 2.59 bits per heavy atom. The summed E-state index contributed by atoms with van der Waals surface area (Å²) in [7, 11) is 0. The lowest BCUT2D eigenvalue weighted by molar-refractivity contribution is 0.0951. The molecule has 0 aliphatic carbocycles. The lowest BCUT2D eigenvalue weighted by Crippen LogP contribution is -2.29. The number of benzene rings is 2. The number of aromatic nitrogens is 2. The van der Waals surface area contributed by atoms with Gasteiger partial charge in [-0.05, 0) is 82.2 Å². The van der Waals surface area contributed by atoms with Gasteiger partial charge in [-0.15, -0.1) is 0 Å². The fourth-order valence-corrected chi connectivity index (χ4v) is 4.29. The van der Waals surface area contributed by atoms with Crippen LogP contribution >= 0.6 is 15.9 Å². The largest absolute Gasteiger partial charge is 0.493 e. The number of ether oxygens (including phenoxy) is 1. The highest BCUT2D eigenvalue weighted by molar-refractivity contribution is 9.10. The highest BCUT2D eigenvalue weighted by Gasteiger charge is 2.16. The van der Waals surface area contributed by atoms with Crippen molar-refractivity contribution in [1.82, 2.24) is 20.2 Å². The monoisotopic (exact) mass is 500 g/mol. The summed E-state index contributed by atoms with van der Waals surface area (Å²) < 4.78 is 6.93. The van der Waals surface area contributed by atoms with Gasteiger partial charge in [-0.25, -0.2) is 4.98 Å². The fraction of sp³-hybridized carbons (Fsp3) is 0.440. The maximum atomic E-state index is 12.7. The van der Waals surface area contributed by atoms with Gasteiger partial charge in [-0.1, -0.05) is 29.8 Å². The molecule has 0 fully saturated rings. The Morgan fingerprint density at radius 1 is 1.16 bits per heavy atom. The number of hydrogen-bond acceptors (Lipinski definition) is 4. The van der Waals surface area contributed by atoms with Gasteiger partial charge in [0.25, 0.3) is 5.91 Å². The summed E-state index contributed by atoms with van der Waals surface area (Å²) in [5.74, 6) is 1.29. The molecule has 0 aliphatic rings. The van der Waals surface area contributed by atoms with Crippen LogP contribution in [0.3, 0.4) is 0 Å². The summed E-state index contributed by atoms with van der Waals surface area (Å²) in [6.45, 7) is 14.6. The number of H-pyrrole nitrogens is 1. The van der Waals surface area contributed by atoms with Crippen molar-refractivity contribution in [3.8, 4) is 17.1 Å². The van der Waals surface area contributed by atoms with Crippen LogP contribution in [0, 0.1) is 13.8 Å². The number of carbonyl (C=O) groups is 1. The van der Waals surface area contributed by atoms with E-state index in [1.165, 1.54) is 5.56 Å². The SMILES string of the molecule is CCOc1cc(C(=O)NCCCN(CC)CC)ccc1-c1nc2cc(Br)c(C)c(C)c2[nH]1. The lowest BCUT2D eigenvalue weighted by Gasteiger charge is -2.17. The Morgan fingerprint density at radius 2 is 1.91 bits per heavy atom. The number of nitrogens with zero attached hydrogens (tertiary/aromatic N) is 2. The molecular formula is C25H33BrN4O2. The average Bonchev–Trinajstić information content (AvgIpc) is 3.21. The maximum absolute atomic E-state index is 12.7. The van der Waals surface area contributed by atoms with Gasteiger partial charge < -0.3 is 19.9 Å². The van der Waals surface area contributed by atoms with E-state index in [1.807, 2.05) is 25.1 Å². The number of carbonyl (C=O) groups excluding carboxylic acids is 1. The molecular weight excluding hydrogens is 468 g/mol. The predicted molar refractivity (Wildman–Crippen MR) is 135 cm³/mol. The molecule has 0 aliphatic heterocycles. The van der Waals surface area contributed by atoms with Gasteiger partial charge in [-0.2, -0.15) is 0 Å². The average molecular weight is 501 g/mol. The number of rotatable bonds is 10. The molecule has 1 amide bonds. The number of amides is 1. The quantitative estimate of drug-likeness (QED) is 0.362. The summed E-state index contributed by atoms with van der Waals surface area (Å²) in [6.07, 6.45) is 0.928. The molecule has 1 aromatic heterocycles. The number of hydrogen-bond donors (Lipinski definition) is 2. The Hall–Kier alpha value is -2.38. The van der Waals surface area contributed by atoms with Gasteiger partial charge in [0.2, 0.25) is 0 Å². The van der Waals surface area contributed by atoms with Gasteiger partial charge in [0.1, 0.15) is 11.6 Å². The third-order valence-electron chi connectivity index (χ3n) is 5.92. The molecule has 0 radical (unpaired) electrons. The van der Waals surface area contributed by atoms with Crippen LogP contribution in [0.1, 0.15) is 48.7 Å². The zero-order valence-electron chi connectivity index (χ0n) is 19.6. The molecule has 1 heterocycles. The van der Waals surface area contributed by atoms with Gasteiger partial charge in [-0.3, -0.25) is 4.79 Å². The number of imidazole rings is 1. The highest BCUT2D eigenvalue weighted by Crippen LogP contribution is 2.33. The molecule has 0 atom stereocenters. The Labute approximate surface area is 198 Å². The van der Waals surface area contributed by atoms with Gasteiger partial charge >= 0.3 is 0 Å². The minimum atomic E-state index is -0.0861. The van der Waals surface area contributed by atoms with E-state index in [1.54, 1.807) is 6.07 Å². The van der Waals surface area contributed by atoms with Gasteiger partial charge in [0.05, 0.1) is 23.2 Å². The first-order valence-electron chi connectivity index (χ1n) is 11.3. The van der Waals surface area contributed by atoms with Crippen LogP contribution < -0.4 is 10.1 Å².